The smallest absolute Gasteiger partial charge is 0.227 e. The lowest BCUT2D eigenvalue weighted by atomic mass is 9.72. The van der Waals surface area contributed by atoms with E-state index < -0.39 is 0 Å². The van der Waals surface area contributed by atoms with Crippen LogP contribution in [0.1, 0.15) is 39.0 Å². The van der Waals surface area contributed by atoms with Gasteiger partial charge in [-0.1, -0.05) is 6.92 Å². The second kappa shape index (κ2) is 8.87. The van der Waals surface area contributed by atoms with E-state index in [4.69, 9.17) is 4.74 Å². The van der Waals surface area contributed by atoms with Crippen LogP contribution in [0.2, 0.25) is 0 Å². The van der Waals surface area contributed by atoms with Crippen LogP contribution in [0.4, 0.5) is 0 Å². The highest BCUT2D eigenvalue weighted by Crippen LogP contribution is 2.40. The van der Waals surface area contributed by atoms with E-state index in [1.807, 2.05) is 33.7 Å². The van der Waals surface area contributed by atoms with Crippen molar-refractivity contribution in [2.75, 3.05) is 39.9 Å². The number of carbonyl (C=O) groups excluding carboxylic acids is 2. The molecule has 0 saturated carbocycles. The third kappa shape index (κ3) is 4.89. The molecule has 7 nitrogen and oxygen atoms in total. The first-order valence-corrected chi connectivity index (χ1v) is 10.1. The Morgan fingerprint density at radius 3 is 2.78 bits per heavy atom. The predicted octanol–water partition coefficient (Wildman–Crippen LogP) is 1.79. The zero-order valence-electron chi connectivity index (χ0n) is 16.6. The van der Waals surface area contributed by atoms with Crippen LogP contribution < -0.4 is 0 Å². The van der Waals surface area contributed by atoms with Crippen molar-refractivity contribution in [2.24, 2.45) is 11.3 Å². The van der Waals surface area contributed by atoms with E-state index >= 15 is 0 Å². The molecule has 0 N–H and O–H groups in total. The molecule has 2 saturated heterocycles. The zero-order valence-corrected chi connectivity index (χ0v) is 16.6. The van der Waals surface area contributed by atoms with E-state index in [1.165, 1.54) is 0 Å². The monoisotopic (exact) mass is 376 g/mol. The Morgan fingerprint density at radius 1 is 1.33 bits per heavy atom. The topological polar surface area (TPSA) is 67.7 Å². The molecule has 1 aromatic rings. The number of hydrogen-bond acceptors (Lipinski definition) is 4. The molecule has 3 heterocycles. The lowest BCUT2D eigenvalue weighted by Gasteiger charge is -2.47. The first kappa shape index (κ1) is 19.9. The Balaban J connectivity index is 1.51. The van der Waals surface area contributed by atoms with Crippen LogP contribution >= 0.6 is 0 Å². The van der Waals surface area contributed by atoms with Crippen LogP contribution in [-0.2, 0) is 20.9 Å². The maximum atomic E-state index is 12.8. The molecule has 2 aliphatic rings. The lowest BCUT2D eigenvalue weighted by Crippen LogP contribution is -2.53. The van der Waals surface area contributed by atoms with Crippen molar-refractivity contribution in [1.29, 1.82) is 0 Å². The molecule has 0 bridgehead atoms. The van der Waals surface area contributed by atoms with Crippen molar-refractivity contribution < 1.29 is 14.3 Å². The highest BCUT2D eigenvalue weighted by Gasteiger charge is 2.41. The Bertz CT molecular complexity index is 623. The van der Waals surface area contributed by atoms with Gasteiger partial charge in [-0.25, -0.2) is 0 Å². The maximum absolute atomic E-state index is 12.8. The summed E-state index contributed by atoms with van der Waals surface area (Å²) in [6.07, 6.45) is 8.08. The van der Waals surface area contributed by atoms with Crippen LogP contribution in [0.25, 0.3) is 0 Å². The minimum absolute atomic E-state index is 0.0718. The van der Waals surface area contributed by atoms with Crippen molar-refractivity contribution in [3.8, 4) is 0 Å². The largest absolute Gasteiger partial charge is 0.385 e. The van der Waals surface area contributed by atoms with Crippen LogP contribution in [0.3, 0.4) is 0 Å². The van der Waals surface area contributed by atoms with Gasteiger partial charge in [-0.15, -0.1) is 0 Å². The second-order valence-corrected chi connectivity index (χ2v) is 8.12. The molecule has 0 aliphatic carbocycles. The van der Waals surface area contributed by atoms with Gasteiger partial charge in [-0.3, -0.25) is 14.3 Å². The van der Waals surface area contributed by atoms with Crippen LogP contribution in [0, 0.1) is 11.3 Å². The number of carbonyl (C=O) groups is 2. The fourth-order valence-electron chi connectivity index (χ4n) is 4.39. The molecule has 1 atom stereocenters. The molecule has 3 rings (SSSR count). The zero-order chi connectivity index (χ0) is 19.3. The van der Waals surface area contributed by atoms with Crippen molar-refractivity contribution in [2.45, 2.75) is 45.6 Å². The molecule has 2 fully saturated rings. The van der Waals surface area contributed by atoms with Crippen LogP contribution in [0.15, 0.2) is 18.5 Å². The second-order valence-electron chi connectivity index (χ2n) is 8.12. The van der Waals surface area contributed by atoms with Gasteiger partial charge in [0.1, 0.15) is 0 Å². The third-order valence-corrected chi connectivity index (χ3v) is 6.10. The first-order chi connectivity index (χ1) is 13.0. The van der Waals surface area contributed by atoms with Gasteiger partial charge in [0.05, 0.1) is 12.5 Å². The lowest BCUT2D eigenvalue weighted by molar-refractivity contribution is -0.144. The number of ether oxygens (including phenoxy) is 1. The fourth-order valence-corrected chi connectivity index (χ4v) is 4.39. The van der Waals surface area contributed by atoms with Gasteiger partial charge in [0.25, 0.3) is 0 Å². The molecular formula is C20H32N4O3. The molecule has 1 aromatic heterocycles. The Labute approximate surface area is 161 Å². The van der Waals surface area contributed by atoms with E-state index in [9.17, 15) is 9.59 Å². The van der Waals surface area contributed by atoms with Crippen molar-refractivity contribution in [1.82, 2.24) is 19.6 Å². The standard InChI is InChI=1S/C20H32N4O3/c1-17(15-24-11-3-9-21-24)19(26)22-12-7-20(8-13-22)6-5-18(25)23(16-20)10-4-14-27-2/h3,9,11,17H,4-8,10,12-16H2,1-2H3/t17-/m1/s1. The number of nitrogens with zero attached hydrogens (tertiary/aromatic N) is 4. The predicted molar refractivity (Wildman–Crippen MR) is 102 cm³/mol. The summed E-state index contributed by atoms with van der Waals surface area (Å²) in [4.78, 5) is 29.1. The minimum Gasteiger partial charge on any atom is -0.385 e. The number of rotatable bonds is 7. The quantitative estimate of drug-likeness (QED) is 0.681. The van der Waals surface area contributed by atoms with Crippen molar-refractivity contribution in [3.05, 3.63) is 18.5 Å². The Hall–Kier alpha value is -1.89. The third-order valence-electron chi connectivity index (χ3n) is 6.10. The van der Waals surface area contributed by atoms with Crippen LogP contribution in [0.5, 0.6) is 0 Å². The Morgan fingerprint density at radius 2 is 2.11 bits per heavy atom. The average molecular weight is 377 g/mol. The Kier molecular flexibility index (Phi) is 6.52. The summed E-state index contributed by atoms with van der Waals surface area (Å²) in [5.41, 5.74) is 0.184. The number of likely N-dealkylation sites (tertiary alicyclic amines) is 2. The summed E-state index contributed by atoms with van der Waals surface area (Å²) in [7, 11) is 1.69. The number of hydrogen-bond donors (Lipinski definition) is 0. The van der Waals surface area contributed by atoms with E-state index in [-0.39, 0.29) is 23.1 Å². The highest BCUT2D eigenvalue weighted by molar-refractivity contribution is 5.79. The van der Waals surface area contributed by atoms with Gasteiger partial charge in [0.15, 0.2) is 0 Å². The van der Waals surface area contributed by atoms with Gasteiger partial charge < -0.3 is 14.5 Å². The summed E-state index contributed by atoms with van der Waals surface area (Å²) >= 11 is 0. The van der Waals surface area contributed by atoms with Gasteiger partial charge in [0.2, 0.25) is 11.8 Å². The molecular weight excluding hydrogens is 344 g/mol. The minimum atomic E-state index is -0.0718. The molecule has 7 heteroatoms. The van der Waals surface area contributed by atoms with Gasteiger partial charge in [-0.2, -0.15) is 5.10 Å². The summed E-state index contributed by atoms with van der Waals surface area (Å²) in [5, 5.41) is 4.20. The van der Waals surface area contributed by atoms with E-state index in [2.05, 4.69) is 5.10 Å². The van der Waals surface area contributed by atoms with Crippen LogP contribution in [-0.4, -0.2) is 71.3 Å². The van der Waals surface area contributed by atoms with Gasteiger partial charge in [-0.05, 0) is 37.2 Å². The van der Waals surface area contributed by atoms with E-state index in [0.29, 0.717) is 19.6 Å². The average Bonchev–Trinajstić information content (AvgIpc) is 3.18. The normalized spacial score (nSPS) is 20.9. The number of piperidine rings is 2. The number of amides is 2. The number of methoxy groups -OCH3 is 1. The molecule has 0 unspecified atom stereocenters. The molecule has 1 spiro atoms. The molecule has 0 aromatic carbocycles. The van der Waals surface area contributed by atoms with Gasteiger partial charge in [0, 0.05) is 58.7 Å². The summed E-state index contributed by atoms with van der Waals surface area (Å²) in [5.74, 6) is 0.407. The molecule has 0 radical (unpaired) electrons. The summed E-state index contributed by atoms with van der Waals surface area (Å²) < 4.78 is 6.94. The van der Waals surface area contributed by atoms with E-state index in [0.717, 1.165) is 51.9 Å². The van der Waals surface area contributed by atoms with Crippen molar-refractivity contribution >= 4 is 11.8 Å². The SMILES string of the molecule is COCCCN1CC2(CCC1=O)CCN(C(=O)[C@H](C)Cn1cccn1)CC2. The maximum Gasteiger partial charge on any atom is 0.227 e. The molecule has 27 heavy (non-hydrogen) atoms. The number of aromatic nitrogens is 2. The van der Waals surface area contributed by atoms with Gasteiger partial charge >= 0.3 is 0 Å². The summed E-state index contributed by atoms with van der Waals surface area (Å²) in [6.45, 7) is 6.48. The first-order valence-electron chi connectivity index (χ1n) is 10.1. The summed E-state index contributed by atoms with van der Waals surface area (Å²) in [6, 6.07) is 1.88. The highest BCUT2D eigenvalue weighted by atomic mass is 16.5. The fraction of sp³-hybridized carbons (Fsp3) is 0.750. The van der Waals surface area contributed by atoms with Crippen molar-refractivity contribution in [3.63, 3.8) is 0 Å². The molecule has 2 aliphatic heterocycles. The molecule has 150 valence electrons. The van der Waals surface area contributed by atoms with E-state index in [1.54, 1.807) is 13.3 Å². The molecule has 2 amide bonds.